The number of methoxy groups -OCH3 is 1. The molecule has 1 aliphatic rings. The molecule has 0 amide bonds. The van der Waals surface area contributed by atoms with Gasteiger partial charge in [0.05, 0.1) is 19.3 Å². The minimum absolute atomic E-state index is 0.265. The molecular weight excluding hydrogens is 329 g/mol. The summed E-state index contributed by atoms with van der Waals surface area (Å²) in [5, 5.41) is 2.88. The second kappa shape index (κ2) is 8.22. The summed E-state index contributed by atoms with van der Waals surface area (Å²) in [6, 6.07) is 8.06. The van der Waals surface area contributed by atoms with Crippen LogP contribution in [-0.2, 0) is 14.1 Å². The van der Waals surface area contributed by atoms with E-state index in [1.54, 1.807) is 38.1 Å². The average molecular weight is 351 g/mol. The Hall–Kier alpha value is -1.98. The van der Waals surface area contributed by atoms with Gasteiger partial charge in [-0.2, -0.15) is 0 Å². The maximum Gasteiger partial charge on any atom is 0.323 e. The highest BCUT2D eigenvalue weighted by atomic mass is 31.2. The topological polar surface area (TPSA) is 89.4 Å². The van der Waals surface area contributed by atoms with Gasteiger partial charge in [0.2, 0.25) is 0 Å². The maximum absolute atomic E-state index is 13.3. The lowest BCUT2D eigenvalue weighted by Gasteiger charge is -2.27. The molecule has 0 saturated carbocycles. The standard InChI is InChI=1S/C16H22N3O4P/c1-12(2)24(21,23-14-7-5-4-6-8-14)19-15(16(20)22-3)9-13-10-17-11-18-13/h4-8,11-12,15H,9-10H2,1-3H3,(H,19,21)/t15-,24?/m0/s1. The lowest BCUT2D eigenvalue weighted by atomic mass is 10.1. The second-order valence-corrected chi connectivity index (χ2v) is 8.32. The van der Waals surface area contributed by atoms with Gasteiger partial charge in [0.15, 0.2) is 0 Å². The Labute approximate surface area is 141 Å². The van der Waals surface area contributed by atoms with Crippen molar-refractivity contribution in [1.29, 1.82) is 0 Å². The first kappa shape index (κ1) is 18.4. The lowest BCUT2D eigenvalue weighted by molar-refractivity contribution is -0.142. The number of nitrogens with zero attached hydrogens (tertiary/aromatic N) is 2. The van der Waals surface area contributed by atoms with E-state index in [2.05, 4.69) is 15.1 Å². The molecule has 130 valence electrons. The number of para-hydroxylation sites is 1. The number of hydrogen-bond donors (Lipinski definition) is 1. The van der Waals surface area contributed by atoms with Crippen LogP contribution in [0.3, 0.4) is 0 Å². The maximum atomic E-state index is 13.3. The first-order valence-electron chi connectivity index (χ1n) is 7.68. The Balaban J connectivity index is 2.18. The zero-order valence-corrected chi connectivity index (χ0v) is 14.9. The normalized spacial score (nSPS) is 17.2. The smallest absolute Gasteiger partial charge is 0.323 e. The summed E-state index contributed by atoms with van der Waals surface area (Å²) in [5.74, 6) is -0.0330. The summed E-state index contributed by atoms with van der Waals surface area (Å²) in [6.45, 7) is 3.99. The van der Waals surface area contributed by atoms with Gasteiger partial charge >= 0.3 is 13.5 Å². The van der Waals surface area contributed by atoms with Crippen molar-refractivity contribution in [3.63, 3.8) is 0 Å². The van der Waals surface area contributed by atoms with E-state index >= 15 is 0 Å². The average Bonchev–Trinajstić information content (AvgIpc) is 3.07. The van der Waals surface area contributed by atoms with Gasteiger partial charge in [0, 0.05) is 12.1 Å². The molecule has 1 unspecified atom stereocenters. The molecule has 0 aromatic heterocycles. The highest BCUT2D eigenvalue weighted by Crippen LogP contribution is 2.48. The van der Waals surface area contributed by atoms with Crippen LogP contribution < -0.4 is 9.61 Å². The first-order valence-corrected chi connectivity index (χ1v) is 9.38. The molecular formula is C16H22N3O4P. The lowest BCUT2D eigenvalue weighted by Crippen LogP contribution is -2.40. The molecule has 2 rings (SSSR count). The van der Waals surface area contributed by atoms with E-state index in [9.17, 15) is 9.36 Å². The third-order valence-corrected chi connectivity index (χ3v) is 6.03. The Morgan fingerprint density at radius 3 is 2.58 bits per heavy atom. The van der Waals surface area contributed by atoms with Gasteiger partial charge in [-0.25, -0.2) is 10.1 Å². The van der Waals surface area contributed by atoms with E-state index in [-0.39, 0.29) is 12.1 Å². The fraction of sp³-hybridized carbons (Fsp3) is 0.438. The number of esters is 1. The van der Waals surface area contributed by atoms with Crippen LogP contribution in [-0.4, -0.2) is 43.4 Å². The van der Waals surface area contributed by atoms with Crippen molar-refractivity contribution in [2.24, 2.45) is 9.98 Å². The zero-order chi connectivity index (χ0) is 17.6. The number of hydrogen-bond acceptors (Lipinski definition) is 6. The summed E-state index contributed by atoms with van der Waals surface area (Å²) >= 11 is 0. The third kappa shape index (κ3) is 4.76. The molecule has 0 fully saturated rings. The largest absolute Gasteiger partial charge is 0.468 e. The predicted octanol–water partition coefficient (Wildman–Crippen LogP) is 2.67. The van der Waals surface area contributed by atoms with Crippen molar-refractivity contribution in [2.45, 2.75) is 32.0 Å². The molecule has 1 N–H and O–H groups in total. The number of nitrogens with one attached hydrogen (secondary N) is 1. The number of rotatable bonds is 8. The van der Waals surface area contributed by atoms with Crippen molar-refractivity contribution in [3.05, 3.63) is 30.3 Å². The van der Waals surface area contributed by atoms with E-state index in [0.29, 0.717) is 12.3 Å². The van der Waals surface area contributed by atoms with E-state index < -0.39 is 19.5 Å². The van der Waals surface area contributed by atoms with Crippen molar-refractivity contribution >= 4 is 25.5 Å². The van der Waals surface area contributed by atoms with Crippen LogP contribution in [0.5, 0.6) is 5.75 Å². The molecule has 0 spiro atoms. The van der Waals surface area contributed by atoms with Gasteiger partial charge in [-0.3, -0.25) is 14.4 Å². The van der Waals surface area contributed by atoms with E-state index in [1.807, 2.05) is 6.07 Å². The molecule has 0 radical (unpaired) electrons. The van der Waals surface area contributed by atoms with Crippen LogP contribution >= 0.6 is 7.52 Å². The summed E-state index contributed by atoms with van der Waals surface area (Å²) in [4.78, 5) is 20.2. The molecule has 1 aliphatic heterocycles. The second-order valence-electron chi connectivity index (χ2n) is 5.66. The summed E-state index contributed by atoms with van der Waals surface area (Å²) < 4.78 is 23.8. The van der Waals surface area contributed by atoms with Gasteiger partial charge in [-0.15, -0.1) is 0 Å². The van der Waals surface area contributed by atoms with Gasteiger partial charge in [0.25, 0.3) is 0 Å². The monoisotopic (exact) mass is 351 g/mol. The van der Waals surface area contributed by atoms with Gasteiger partial charge in [-0.05, 0) is 12.1 Å². The number of ether oxygens (including phenoxy) is 1. The predicted molar refractivity (Wildman–Crippen MR) is 94.2 cm³/mol. The Morgan fingerprint density at radius 1 is 1.33 bits per heavy atom. The van der Waals surface area contributed by atoms with Gasteiger partial charge < -0.3 is 9.26 Å². The molecule has 0 aliphatic carbocycles. The van der Waals surface area contributed by atoms with Crippen LogP contribution in [0.15, 0.2) is 40.3 Å². The number of benzene rings is 1. The zero-order valence-electron chi connectivity index (χ0n) is 14.0. The van der Waals surface area contributed by atoms with Gasteiger partial charge in [-0.1, -0.05) is 32.0 Å². The molecule has 7 nitrogen and oxygen atoms in total. The van der Waals surface area contributed by atoms with Crippen LogP contribution in [0.1, 0.15) is 20.3 Å². The van der Waals surface area contributed by atoms with E-state index in [0.717, 1.165) is 5.71 Å². The quantitative estimate of drug-likeness (QED) is 0.574. The Bertz CT molecular complexity index is 673. The summed E-state index contributed by atoms with van der Waals surface area (Å²) in [7, 11) is -2.05. The van der Waals surface area contributed by atoms with Gasteiger partial charge in [0.1, 0.15) is 18.1 Å². The fourth-order valence-corrected chi connectivity index (χ4v) is 3.75. The molecule has 8 heteroatoms. The molecule has 1 aromatic carbocycles. The van der Waals surface area contributed by atoms with Crippen LogP contribution in [0, 0.1) is 0 Å². The summed E-state index contributed by atoms with van der Waals surface area (Å²) in [6.07, 6.45) is 1.72. The highest BCUT2D eigenvalue weighted by Gasteiger charge is 2.36. The number of aliphatic imine (C=N–C) groups is 2. The van der Waals surface area contributed by atoms with Crippen molar-refractivity contribution in [3.8, 4) is 5.75 Å². The minimum Gasteiger partial charge on any atom is -0.468 e. The highest BCUT2D eigenvalue weighted by molar-refractivity contribution is 7.58. The summed E-state index contributed by atoms with van der Waals surface area (Å²) in [5.41, 5.74) is 0.402. The van der Waals surface area contributed by atoms with Crippen molar-refractivity contribution in [2.75, 3.05) is 13.7 Å². The molecule has 1 aromatic rings. The first-order chi connectivity index (χ1) is 11.4. The fourth-order valence-electron chi connectivity index (χ4n) is 2.12. The SMILES string of the molecule is COC(=O)[C@H](CC1=NC=NC1)NP(=O)(Oc1ccccc1)C(C)C. The number of carbonyl (C=O) groups excluding carboxylic acids is 1. The van der Waals surface area contributed by atoms with E-state index in [1.165, 1.54) is 13.4 Å². The molecule has 2 atom stereocenters. The molecule has 24 heavy (non-hydrogen) atoms. The van der Waals surface area contributed by atoms with Crippen LogP contribution in [0.4, 0.5) is 0 Å². The minimum atomic E-state index is -3.34. The Morgan fingerprint density at radius 2 is 2.04 bits per heavy atom. The molecule has 0 saturated heterocycles. The van der Waals surface area contributed by atoms with Crippen molar-refractivity contribution < 1.29 is 18.6 Å². The van der Waals surface area contributed by atoms with Crippen LogP contribution in [0.25, 0.3) is 0 Å². The van der Waals surface area contributed by atoms with Crippen molar-refractivity contribution in [1.82, 2.24) is 5.09 Å². The number of carbonyl (C=O) groups is 1. The van der Waals surface area contributed by atoms with E-state index in [4.69, 9.17) is 9.26 Å². The molecule has 1 heterocycles. The molecule has 0 bridgehead atoms. The Kier molecular flexibility index (Phi) is 6.29. The third-order valence-electron chi connectivity index (χ3n) is 3.52. The van der Waals surface area contributed by atoms with Crippen LogP contribution in [0.2, 0.25) is 0 Å².